The van der Waals surface area contributed by atoms with Crippen LogP contribution in [0.2, 0.25) is 0 Å². The van der Waals surface area contributed by atoms with Gasteiger partial charge in [-0.15, -0.1) is 0 Å². The number of aliphatic hydroxyl groups excluding tert-OH is 2. The van der Waals surface area contributed by atoms with Crippen molar-refractivity contribution in [3.8, 4) is 0 Å². The van der Waals surface area contributed by atoms with Crippen molar-refractivity contribution in [2.24, 2.45) is 16.7 Å². The van der Waals surface area contributed by atoms with Crippen LogP contribution in [0.5, 0.6) is 0 Å². The minimum Gasteiger partial charge on any atom is -0.481 e. The van der Waals surface area contributed by atoms with Crippen molar-refractivity contribution < 1.29 is 48.7 Å². The van der Waals surface area contributed by atoms with Crippen LogP contribution >= 0.6 is 0 Å². The van der Waals surface area contributed by atoms with E-state index in [-0.39, 0.29) is 31.3 Å². The maximum absolute atomic E-state index is 13.1. The molecule has 192 valence electrons. The Morgan fingerprint density at radius 2 is 1.89 bits per heavy atom. The van der Waals surface area contributed by atoms with Gasteiger partial charge in [0.15, 0.2) is 0 Å². The van der Waals surface area contributed by atoms with Gasteiger partial charge in [-0.05, 0) is 37.7 Å². The van der Waals surface area contributed by atoms with Gasteiger partial charge in [0.2, 0.25) is 6.29 Å². The SMILES string of the molecule is CCCCCC[C@H]1C=C([C@@]2(C(=O)O)C[C@@H]([C@@H](O)[C@@H]3CC=CC(=O)O3)C[C@@]23C[C@H](O)OC3=O)C(=O)O1. The number of rotatable bonds is 9. The second kappa shape index (κ2) is 9.73. The Bertz CT molecular complexity index is 954. The molecule has 3 N–H and O–H groups in total. The van der Waals surface area contributed by atoms with Crippen molar-refractivity contribution in [1.82, 2.24) is 0 Å². The Kier molecular flexibility index (Phi) is 7.06. The second-order valence-corrected chi connectivity index (χ2v) is 10.0. The van der Waals surface area contributed by atoms with Crippen LogP contribution in [0.4, 0.5) is 0 Å². The molecular weight excluding hydrogens is 460 g/mol. The number of esters is 3. The van der Waals surface area contributed by atoms with Crippen LogP contribution in [0.3, 0.4) is 0 Å². The van der Waals surface area contributed by atoms with Gasteiger partial charge in [-0.25, -0.2) is 9.59 Å². The zero-order chi connectivity index (χ0) is 25.4. The third-order valence-corrected chi connectivity index (χ3v) is 7.90. The topological polar surface area (TPSA) is 157 Å². The fourth-order valence-electron chi connectivity index (χ4n) is 6.24. The molecule has 3 heterocycles. The van der Waals surface area contributed by atoms with Crippen molar-refractivity contribution in [2.75, 3.05) is 0 Å². The molecule has 1 aliphatic carbocycles. The predicted octanol–water partition coefficient (Wildman–Crippen LogP) is 1.77. The van der Waals surface area contributed by atoms with Crippen molar-refractivity contribution in [3.05, 3.63) is 23.8 Å². The van der Waals surface area contributed by atoms with E-state index in [0.717, 1.165) is 25.7 Å². The summed E-state index contributed by atoms with van der Waals surface area (Å²) >= 11 is 0. The number of hydrogen-bond donors (Lipinski definition) is 3. The predicted molar refractivity (Wildman–Crippen MR) is 118 cm³/mol. The van der Waals surface area contributed by atoms with E-state index in [0.29, 0.717) is 6.42 Å². The minimum atomic E-state index is -2.06. The van der Waals surface area contributed by atoms with E-state index in [4.69, 9.17) is 14.2 Å². The van der Waals surface area contributed by atoms with E-state index >= 15 is 0 Å². The van der Waals surface area contributed by atoms with E-state index in [1.165, 1.54) is 12.2 Å². The van der Waals surface area contributed by atoms with Gasteiger partial charge in [-0.3, -0.25) is 9.59 Å². The lowest BCUT2D eigenvalue weighted by molar-refractivity contribution is -0.168. The van der Waals surface area contributed by atoms with Gasteiger partial charge < -0.3 is 29.5 Å². The maximum atomic E-state index is 13.1. The van der Waals surface area contributed by atoms with E-state index in [2.05, 4.69) is 6.92 Å². The smallest absolute Gasteiger partial charge is 0.335 e. The van der Waals surface area contributed by atoms with Crippen molar-refractivity contribution in [1.29, 1.82) is 0 Å². The molecule has 0 aromatic rings. The zero-order valence-electron chi connectivity index (χ0n) is 19.7. The van der Waals surface area contributed by atoms with Crippen LogP contribution in [-0.2, 0) is 33.4 Å². The summed E-state index contributed by atoms with van der Waals surface area (Å²) < 4.78 is 15.7. The number of carbonyl (C=O) groups excluding carboxylic acids is 3. The molecule has 2 fully saturated rings. The lowest BCUT2D eigenvalue weighted by Gasteiger charge is -2.36. The highest BCUT2D eigenvalue weighted by atomic mass is 16.6. The first-order chi connectivity index (χ1) is 16.6. The first-order valence-electron chi connectivity index (χ1n) is 12.3. The molecule has 10 nitrogen and oxygen atoms in total. The molecule has 0 unspecified atom stereocenters. The molecule has 35 heavy (non-hydrogen) atoms. The summed E-state index contributed by atoms with van der Waals surface area (Å²) in [6.45, 7) is 2.08. The molecule has 0 amide bonds. The van der Waals surface area contributed by atoms with Crippen LogP contribution in [-0.4, -0.2) is 63.8 Å². The summed E-state index contributed by atoms with van der Waals surface area (Å²) in [5.41, 5.74) is -3.98. The van der Waals surface area contributed by atoms with Crippen LogP contribution in [0.25, 0.3) is 0 Å². The Labute approximate surface area is 202 Å². The molecule has 10 heteroatoms. The third kappa shape index (κ3) is 4.27. The van der Waals surface area contributed by atoms with Crippen molar-refractivity contribution in [3.63, 3.8) is 0 Å². The Hall–Kier alpha value is -2.72. The normalized spacial score (nSPS) is 37.2. The van der Waals surface area contributed by atoms with Crippen molar-refractivity contribution in [2.45, 2.75) is 89.3 Å². The number of carbonyl (C=O) groups is 4. The summed E-state index contributed by atoms with van der Waals surface area (Å²) in [6, 6.07) is 0. The molecule has 1 saturated carbocycles. The maximum Gasteiger partial charge on any atom is 0.335 e. The largest absolute Gasteiger partial charge is 0.481 e. The molecule has 0 aromatic carbocycles. The monoisotopic (exact) mass is 492 g/mol. The fourth-order valence-corrected chi connectivity index (χ4v) is 6.24. The molecule has 4 rings (SSSR count). The number of hydrogen-bond acceptors (Lipinski definition) is 9. The summed E-state index contributed by atoms with van der Waals surface area (Å²) in [5, 5.41) is 31.8. The molecule has 0 radical (unpaired) electrons. The zero-order valence-corrected chi connectivity index (χ0v) is 19.7. The van der Waals surface area contributed by atoms with Gasteiger partial charge in [0.25, 0.3) is 0 Å². The van der Waals surface area contributed by atoms with Gasteiger partial charge in [0, 0.05) is 18.9 Å². The van der Waals surface area contributed by atoms with E-state index in [9.17, 15) is 34.5 Å². The second-order valence-electron chi connectivity index (χ2n) is 10.0. The third-order valence-electron chi connectivity index (χ3n) is 7.90. The number of unbranched alkanes of at least 4 members (excludes halogenated alkanes) is 3. The molecule has 7 atom stereocenters. The van der Waals surface area contributed by atoms with E-state index in [1.807, 2.05) is 0 Å². The number of cyclic esters (lactones) is 3. The quantitative estimate of drug-likeness (QED) is 0.246. The first kappa shape index (κ1) is 25.4. The first-order valence-corrected chi connectivity index (χ1v) is 12.3. The summed E-state index contributed by atoms with van der Waals surface area (Å²) in [5.74, 6) is -4.60. The number of aliphatic hydroxyl groups is 2. The highest BCUT2D eigenvalue weighted by Gasteiger charge is 2.74. The van der Waals surface area contributed by atoms with Crippen LogP contribution in [0.1, 0.15) is 64.7 Å². The highest BCUT2D eigenvalue weighted by molar-refractivity contribution is 6.03. The number of carboxylic acids is 1. The van der Waals surface area contributed by atoms with E-state index in [1.54, 1.807) is 6.08 Å². The van der Waals surface area contributed by atoms with Crippen LogP contribution in [0.15, 0.2) is 23.8 Å². The van der Waals surface area contributed by atoms with Gasteiger partial charge >= 0.3 is 23.9 Å². The minimum absolute atomic E-state index is 0.147. The van der Waals surface area contributed by atoms with Gasteiger partial charge in [-0.2, -0.15) is 0 Å². The Balaban J connectivity index is 1.70. The van der Waals surface area contributed by atoms with Gasteiger partial charge in [0.1, 0.15) is 17.6 Å². The molecule has 3 aliphatic heterocycles. The number of carboxylic acid groups (broad SMARTS) is 1. The van der Waals surface area contributed by atoms with Gasteiger partial charge in [0.05, 0.1) is 17.1 Å². The average Bonchev–Trinajstić information content (AvgIpc) is 3.44. The Morgan fingerprint density at radius 3 is 2.51 bits per heavy atom. The number of ether oxygens (including phenoxy) is 3. The summed E-state index contributed by atoms with van der Waals surface area (Å²) in [7, 11) is 0. The van der Waals surface area contributed by atoms with Crippen molar-refractivity contribution >= 4 is 23.9 Å². The number of aliphatic carboxylic acids is 1. The summed E-state index contributed by atoms with van der Waals surface area (Å²) in [4.78, 5) is 50.8. The molecule has 0 bridgehead atoms. The highest BCUT2D eigenvalue weighted by Crippen LogP contribution is 2.65. The van der Waals surface area contributed by atoms with Crippen LogP contribution in [0, 0.1) is 16.7 Å². The molecule has 1 spiro atoms. The van der Waals surface area contributed by atoms with Crippen LogP contribution < -0.4 is 0 Å². The standard InChI is InChI=1S/C25H32O10/c1-2-3-4-5-7-15-10-16(21(29)33-15)25(22(30)31)12-14(11-24(25)13-19(27)35-23(24)32)20(28)17-8-6-9-18(26)34-17/h6,9-10,14-15,17,19-20,27-28H,2-5,7-8,11-13H2,1H3,(H,30,31)/t14-,15-,17-,19+,20+,24-,25+/m0/s1. The molecular formula is C25H32O10. The molecule has 4 aliphatic rings. The fraction of sp³-hybridized carbons (Fsp3) is 0.680. The Morgan fingerprint density at radius 1 is 1.11 bits per heavy atom. The van der Waals surface area contributed by atoms with Gasteiger partial charge in [-0.1, -0.05) is 32.3 Å². The lowest BCUT2D eigenvalue weighted by atomic mass is 9.60. The lowest BCUT2D eigenvalue weighted by Crippen LogP contribution is -2.49. The summed E-state index contributed by atoms with van der Waals surface area (Å²) in [6.07, 6.45) is 3.75. The molecule has 0 aromatic heterocycles. The molecule has 1 saturated heterocycles. The average molecular weight is 493 g/mol. The van der Waals surface area contributed by atoms with E-state index < -0.39 is 65.2 Å².